The molecule has 4 heteroatoms. The highest BCUT2D eigenvalue weighted by atomic mass is 16.3. The van der Waals surface area contributed by atoms with Gasteiger partial charge in [0.2, 0.25) is 5.91 Å². The van der Waals surface area contributed by atoms with E-state index >= 15 is 0 Å². The molecule has 0 spiro atoms. The Morgan fingerprint density at radius 1 is 1.50 bits per heavy atom. The topological polar surface area (TPSA) is 66.6 Å². The summed E-state index contributed by atoms with van der Waals surface area (Å²) in [5, 5.41) is 9.25. The van der Waals surface area contributed by atoms with Crippen molar-refractivity contribution in [1.29, 1.82) is 0 Å². The van der Waals surface area contributed by atoms with Gasteiger partial charge in [-0.2, -0.15) is 0 Å². The van der Waals surface area contributed by atoms with Crippen molar-refractivity contribution >= 4 is 5.91 Å². The molecular formula is C14H30N2O2. The smallest absolute Gasteiger partial charge is 0.223 e. The summed E-state index contributed by atoms with van der Waals surface area (Å²) >= 11 is 0. The summed E-state index contributed by atoms with van der Waals surface area (Å²) < 4.78 is 0. The van der Waals surface area contributed by atoms with Gasteiger partial charge in [0.15, 0.2) is 0 Å². The van der Waals surface area contributed by atoms with Crippen LogP contribution in [-0.2, 0) is 4.79 Å². The lowest BCUT2D eigenvalue weighted by molar-refractivity contribution is -0.132. The van der Waals surface area contributed by atoms with Gasteiger partial charge in [-0.3, -0.25) is 4.79 Å². The maximum atomic E-state index is 11.6. The molecule has 1 amide bonds. The van der Waals surface area contributed by atoms with Gasteiger partial charge in [-0.25, -0.2) is 0 Å². The van der Waals surface area contributed by atoms with Crippen LogP contribution < -0.4 is 5.73 Å². The van der Waals surface area contributed by atoms with E-state index in [4.69, 9.17) is 0 Å². The Morgan fingerprint density at radius 2 is 1.94 bits per heavy atom. The predicted octanol–water partition coefficient (Wildman–Crippen LogP) is 2.13. The zero-order valence-electron chi connectivity index (χ0n) is 12.6. The molecule has 1 aliphatic rings. The van der Waals surface area contributed by atoms with E-state index in [0.717, 1.165) is 13.0 Å². The average molecular weight is 258 g/mol. The summed E-state index contributed by atoms with van der Waals surface area (Å²) in [7, 11) is 0. The summed E-state index contributed by atoms with van der Waals surface area (Å²) in [6.07, 6.45) is 2.25. The molecule has 1 unspecified atom stereocenters. The third-order valence-corrected chi connectivity index (χ3v) is 2.20. The number of aliphatic hydroxyl groups excluding tert-OH is 1. The van der Waals surface area contributed by atoms with Crippen LogP contribution in [0.5, 0.6) is 0 Å². The molecule has 3 N–H and O–H groups in total. The number of carbonyl (C=O) groups excluding carboxylic acids is 1. The molecule has 1 saturated heterocycles. The molecule has 108 valence electrons. The molecular weight excluding hydrogens is 228 g/mol. The number of carbonyl (C=O) groups is 1. The number of hydrogen-bond acceptors (Lipinski definition) is 3. The van der Waals surface area contributed by atoms with Crippen LogP contribution in [0.25, 0.3) is 0 Å². The molecule has 18 heavy (non-hydrogen) atoms. The molecule has 1 rings (SSSR count). The molecule has 0 radical (unpaired) electrons. The SMILES string of the molecule is C=CN.CC.CC(C)(C)CC(=O)N1CCC(O)C1. The van der Waals surface area contributed by atoms with Crippen LogP contribution in [0, 0.1) is 5.41 Å². The van der Waals surface area contributed by atoms with Crippen molar-refractivity contribution in [2.45, 2.75) is 53.6 Å². The Hall–Kier alpha value is -1.03. The summed E-state index contributed by atoms with van der Waals surface area (Å²) in [6.45, 7) is 14.5. The maximum Gasteiger partial charge on any atom is 0.223 e. The van der Waals surface area contributed by atoms with Gasteiger partial charge in [-0.15, -0.1) is 0 Å². The maximum absolute atomic E-state index is 11.6. The van der Waals surface area contributed by atoms with Crippen molar-refractivity contribution in [3.8, 4) is 0 Å². The predicted molar refractivity (Wildman–Crippen MR) is 77.0 cm³/mol. The van der Waals surface area contributed by atoms with E-state index in [2.05, 4.69) is 33.1 Å². The van der Waals surface area contributed by atoms with Gasteiger partial charge < -0.3 is 15.7 Å². The Morgan fingerprint density at radius 3 is 2.22 bits per heavy atom. The largest absolute Gasteiger partial charge is 0.405 e. The minimum Gasteiger partial charge on any atom is -0.405 e. The first-order valence-electron chi connectivity index (χ1n) is 6.58. The highest BCUT2D eigenvalue weighted by molar-refractivity contribution is 5.77. The van der Waals surface area contributed by atoms with Crippen LogP contribution in [0.2, 0.25) is 0 Å². The molecule has 1 aliphatic heterocycles. The molecule has 1 heterocycles. The Balaban J connectivity index is 0. The van der Waals surface area contributed by atoms with Crippen LogP contribution >= 0.6 is 0 Å². The first kappa shape index (κ1) is 19.3. The third-order valence-electron chi connectivity index (χ3n) is 2.20. The van der Waals surface area contributed by atoms with Gasteiger partial charge >= 0.3 is 0 Å². The normalized spacial score (nSPS) is 18.1. The van der Waals surface area contributed by atoms with Gasteiger partial charge in [0.05, 0.1) is 6.10 Å². The molecule has 0 aromatic heterocycles. The van der Waals surface area contributed by atoms with E-state index in [-0.39, 0.29) is 17.4 Å². The first-order chi connectivity index (χ1) is 8.30. The van der Waals surface area contributed by atoms with E-state index in [1.54, 1.807) is 4.90 Å². The summed E-state index contributed by atoms with van der Waals surface area (Å²) in [5.41, 5.74) is 4.66. The summed E-state index contributed by atoms with van der Waals surface area (Å²) in [6, 6.07) is 0. The van der Waals surface area contributed by atoms with Crippen LogP contribution in [0.15, 0.2) is 12.8 Å². The van der Waals surface area contributed by atoms with E-state index < -0.39 is 0 Å². The number of hydrogen-bond donors (Lipinski definition) is 2. The second-order valence-corrected chi connectivity index (χ2v) is 5.26. The Labute approximate surface area is 112 Å². The fraction of sp³-hybridized carbons (Fsp3) is 0.786. The zero-order chi connectivity index (χ0) is 14.8. The van der Waals surface area contributed by atoms with E-state index in [9.17, 15) is 9.90 Å². The third kappa shape index (κ3) is 10.1. The van der Waals surface area contributed by atoms with Crippen LogP contribution in [0.1, 0.15) is 47.5 Å². The van der Waals surface area contributed by atoms with Crippen molar-refractivity contribution in [2.75, 3.05) is 13.1 Å². The number of β-amino-alcohol motifs (C(OH)–C–C–N with tert-alkyl or cyclic N) is 1. The molecule has 0 aliphatic carbocycles. The van der Waals surface area contributed by atoms with Crippen molar-refractivity contribution < 1.29 is 9.90 Å². The zero-order valence-corrected chi connectivity index (χ0v) is 12.6. The molecule has 0 bridgehead atoms. The summed E-state index contributed by atoms with van der Waals surface area (Å²) in [5.74, 6) is 0.170. The van der Waals surface area contributed by atoms with Gasteiger partial charge in [-0.05, 0) is 18.0 Å². The van der Waals surface area contributed by atoms with Crippen molar-refractivity contribution in [1.82, 2.24) is 4.90 Å². The molecule has 0 aromatic rings. The van der Waals surface area contributed by atoms with Crippen molar-refractivity contribution in [3.05, 3.63) is 12.8 Å². The summed E-state index contributed by atoms with van der Waals surface area (Å²) in [4.78, 5) is 13.4. The van der Waals surface area contributed by atoms with Crippen LogP contribution in [0.4, 0.5) is 0 Å². The van der Waals surface area contributed by atoms with Gasteiger partial charge in [-0.1, -0.05) is 41.2 Å². The standard InChI is InChI=1S/C10H19NO2.C2H5N.C2H6/c1-10(2,3)6-9(13)11-5-4-8(12)7-11;1-2-3;1-2/h8,12H,4-7H2,1-3H3;2H,1,3H2;1-2H3. The molecule has 1 atom stereocenters. The second-order valence-electron chi connectivity index (χ2n) is 5.26. The van der Waals surface area contributed by atoms with Gasteiger partial charge in [0, 0.05) is 19.5 Å². The van der Waals surface area contributed by atoms with Crippen LogP contribution in [0.3, 0.4) is 0 Å². The first-order valence-corrected chi connectivity index (χ1v) is 6.58. The monoisotopic (exact) mass is 258 g/mol. The second kappa shape index (κ2) is 9.95. The molecule has 0 saturated carbocycles. The highest BCUT2D eigenvalue weighted by Crippen LogP contribution is 2.21. The lowest BCUT2D eigenvalue weighted by Gasteiger charge is -2.22. The van der Waals surface area contributed by atoms with E-state index in [1.165, 1.54) is 6.20 Å². The minimum atomic E-state index is -0.302. The number of rotatable bonds is 1. The number of amides is 1. The molecule has 1 fully saturated rings. The highest BCUT2D eigenvalue weighted by Gasteiger charge is 2.27. The van der Waals surface area contributed by atoms with Crippen molar-refractivity contribution in [3.63, 3.8) is 0 Å². The minimum absolute atomic E-state index is 0.0463. The number of aliphatic hydroxyl groups is 1. The number of likely N-dealkylation sites (tertiary alicyclic amines) is 1. The van der Waals surface area contributed by atoms with Crippen LogP contribution in [-0.4, -0.2) is 35.1 Å². The fourth-order valence-electron chi connectivity index (χ4n) is 1.53. The molecule has 4 nitrogen and oxygen atoms in total. The lowest BCUT2D eigenvalue weighted by Crippen LogP contribution is -2.32. The van der Waals surface area contributed by atoms with Gasteiger partial charge in [0.1, 0.15) is 0 Å². The Kier molecular flexibility index (Phi) is 10.7. The van der Waals surface area contributed by atoms with Gasteiger partial charge in [0.25, 0.3) is 0 Å². The Bertz CT molecular complexity index is 234. The number of nitrogens with two attached hydrogens (primary N) is 1. The van der Waals surface area contributed by atoms with E-state index in [0.29, 0.717) is 13.0 Å². The van der Waals surface area contributed by atoms with Crippen molar-refractivity contribution in [2.24, 2.45) is 11.1 Å². The number of nitrogens with zero attached hydrogens (tertiary/aromatic N) is 1. The molecule has 0 aromatic carbocycles. The quantitative estimate of drug-likeness (QED) is 0.757. The lowest BCUT2D eigenvalue weighted by atomic mass is 9.92. The average Bonchev–Trinajstić information content (AvgIpc) is 2.67. The van der Waals surface area contributed by atoms with E-state index in [1.807, 2.05) is 13.8 Å². The fourth-order valence-corrected chi connectivity index (χ4v) is 1.53.